The van der Waals surface area contributed by atoms with Crippen LogP contribution in [0, 0.1) is 5.92 Å². The molecule has 0 amide bonds. The summed E-state index contributed by atoms with van der Waals surface area (Å²) in [7, 11) is 1.28. The summed E-state index contributed by atoms with van der Waals surface area (Å²) in [4.78, 5) is 5.09. The summed E-state index contributed by atoms with van der Waals surface area (Å²) in [6.45, 7) is 14.4. The predicted octanol–water partition coefficient (Wildman–Crippen LogP) is 5.34. The minimum atomic E-state index is -0.410. The van der Waals surface area contributed by atoms with Gasteiger partial charge < -0.3 is 14.6 Å². The summed E-state index contributed by atoms with van der Waals surface area (Å²) < 4.78 is 11.9. The SMILES string of the molecule is C=CCCC1=CNC(c2cccc(B(OC)OC(C)(C)CC)c2)N=C1C(C)/C=C\C. The van der Waals surface area contributed by atoms with Gasteiger partial charge in [-0.15, -0.1) is 6.58 Å². The first kappa shape index (κ1) is 24.2. The highest BCUT2D eigenvalue weighted by atomic mass is 16.6. The number of allylic oxidation sites excluding steroid dienone is 4. The molecule has 0 spiro atoms. The first-order valence-corrected chi connectivity index (χ1v) is 10.9. The summed E-state index contributed by atoms with van der Waals surface area (Å²) in [5.74, 6) is 0.263. The van der Waals surface area contributed by atoms with E-state index in [0.29, 0.717) is 0 Å². The Morgan fingerprint density at radius 2 is 2.13 bits per heavy atom. The van der Waals surface area contributed by atoms with E-state index in [1.54, 1.807) is 7.11 Å². The van der Waals surface area contributed by atoms with Crippen molar-refractivity contribution < 1.29 is 9.31 Å². The number of hydrogen-bond donors (Lipinski definition) is 1. The Bertz CT molecular complexity index is 798. The Morgan fingerprint density at radius 1 is 1.37 bits per heavy atom. The molecule has 1 aliphatic heterocycles. The molecule has 0 fully saturated rings. The first-order valence-electron chi connectivity index (χ1n) is 10.9. The van der Waals surface area contributed by atoms with Crippen LogP contribution in [0.15, 0.2) is 65.8 Å². The van der Waals surface area contributed by atoms with Crippen LogP contribution in [0.2, 0.25) is 0 Å². The molecule has 5 heteroatoms. The Morgan fingerprint density at radius 3 is 2.77 bits per heavy atom. The topological polar surface area (TPSA) is 42.8 Å². The smallest absolute Gasteiger partial charge is 0.410 e. The number of benzene rings is 1. The Balaban J connectivity index is 2.31. The highest BCUT2D eigenvalue weighted by Gasteiger charge is 2.29. The van der Waals surface area contributed by atoms with E-state index in [4.69, 9.17) is 14.3 Å². The van der Waals surface area contributed by atoms with Gasteiger partial charge >= 0.3 is 7.12 Å². The molecule has 1 aromatic rings. The van der Waals surface area contributed by atoms with Crippen molar-refractivity contribution in [1.82, 2.24) is 5.32 Å². The average Bonchev–Trinajstić information content (AvgIpc) is 2.76. The van der Waals surface area contributed by atoms with E-state index in [-0.39, 0.29) is 17.7 Å². The maximum absolute atomic E-state index is 6.21. The highest BCUT2D eigenvalue weighted by Crippen LogP contribution is 2.25. The van der Waals surface area contributed by atoms with Gasteiger partial charge in [0.1, 0.15) is 6.17 Å². The van der Waals surface area contributed by atoms with Gasteiger partial charge in [-0.05, 0) is 56.6 Å². The van der Waals surface area contributed by atoms with Gasteiger partial charge in [-0.25, -0.2) is 0 Å². The quantitative estimate of drug-likeness (QED) is 0.397. The maximum atomic E-state index is 6.21. The lowest BCUT2D eigenvalue weighted by molar-refractivity contribution is 0.0765. The van der Waals surface area contributed by atoms with Crippen molar-refractivity contribution in [1.29, 1.82) is 0 Å². The average molecular weight is 408 g/mol. The van der Waals surface area contributed by atoms with Gasteiger partial charge in [-0.1, -0.05) is 56.3 Å². The molecule has 1 heterocycles. The lowest BCUT2D eigenvalue weighted by Crippen LogP contribution is -2.43. The molecule has 0 radical (unpaired) electrons. The zero-order chi connectivity index (χ0) is 22.1. The second-order valence-corrected chi connectivity index (χ2v) is 8.36. The van der Waals surface area contributed by atoms with Crippen LogP contribution in [-0.4, -0.2) is 25.5 Å². The van der Waals surface area contributed by atoms with Crippen molar-refractivity contribution in [2.24, 2.45) is 10.9 Å². The van der Waals surface area contributed by atoms with E-state index in [2.05, 4.69) is 77.0 Å². The second kappa shape index (κ2) is 11.3. The van der Waals surface area contributed by atoms with E-state index in [9.17, 15) is 0 Å². The van der Waals surface area contributed by atoms with Crippen LogP contribution in [0.3, 0.4) is 0 Å². The lowest BCUT2D eigenvalue weighted by atomic mass is 9.76. The standard InChI is InChI=1S/C25H37BN2O2/c1-8-11-14-21-18-27-24(28-23(21)19(4)13-9-2)20-15-12-16-22(17-20)26(29-7)30-25(5,6)10-3/h8-9,12-13,15-19,24,27H,1,10-11,14H2,2-7H3/b13-9-. The molecule has 1 aliphatic rings. The van der Waals surface area contributed by atoms with Gasteiger partial charge in [0.05, 0.1) is 0 Å². The third-order valence-corrected chi connectivity index (χ3v) is 5.53. The summed E-state index contributed by atoms with van der Waals surface area (Å²) in [5.41, 5.74) is 4.22. The summed E-state index contributed by atoms with van der Waals surface area (Å²) in [5, 5.41) is 3.48. The molecule has 0 saturated carbocycles. The van der Waals surface area contributed by atoms with Crippen molar-refractivity contribution in [2.75, 3.05) is 7.11 Å². The van der Waals surface area contributed by atoms with Crippen LogP contribution in [0.5, 0.6) is 0 Å². The van der Waals surface area contributed by atoms with Crippen LogP contribution in [0.4, 0.5) is 0 Å². The number of nitrogens with one attached hydrogen (secondary N) is 1. The van der Waals surface area contributed by atoms with Crippen LogP contribution in [-0.2, 0) is 9.31 Å². The van der Waals surface area contributed by atoms with E-state index < -0.39 is 7.12 Å². The molecule has 162 valence electrons. The summed E-state index contributed by atoms with van der Waals surface area (Å²) >= 11 is 0. The van der Waals surface area contributed by atoms with E-state index in [1.165, 1.54) is 5.57 Å². The fourth-order valence-electron chi connectivity index (χ4n) is 3.43. The van der Waals surface area contributed by atoms with Gasteiger partial charge in [0.15, 0.2) is 0 Å². The van der Waals surface area contributed by atoms with Crippen LogP contribution >= 0.6 is 0 Å². The van der Waals surface area contributed by atoms with E-state index >= 15 is 0 Å². The Kier molecular flexibility index (Phi) is 9.13. The van der Waals surface area contributed by atoms with Gasteiger partial charge in [-0.2, -0.15) is 0 Å². The molecule has 2 unspecified atom stereocenters. The van der Waals surface area contributed by atoms with Gasteiger partial charge in [0.25, 0.3) is 0 Å². The second-order valence-electron chi connectivity index (χ2n) is 8.36. The number of hydrogen-bond acceptors (Lipinski definition) is 4. The molecule has 30 heavy (non-hydrogen) atoms. The number of aliphatic imine (C=N–C) groups is 1. The molecule has 0 saturated heterocycles. The minimum Gasteiger partial charge on any atom is -0.410 e. The highest BCUT2D eigenvalue weighted by molar-refractivity contribution is 6.61. The molecule has 0 aromatic heterocycles. The Hall–Kier alpha value is -2.11. The fraction of sp³-hybridized carbons (Fsp3) is 0.480. The predicted molar refractivity (Wildman–Crippen MR) is 129 cm³/mol. The summed E-state index contributed by atoms with van der Waals surface area (Å²) in [6, 6.07) is 8.32. The van der Waals surface area contributed by atoms with Gasteiger partial charge in [0.2, 0.25) is 0 Å². The largest absolute Gasteiger partial charge is 0.494 e. The molecule has 2 atom stereocenters. The van der Waals surface area contributed by atoms with Gasteiger partial charge in [-0.3, -0.25) is 4.99 Å². The zero-order valence-electron chi connectivity index (χ0n) is 19.4. The molecule has 0 bridgehead atoms. The molecular formula is C25H37BN2O2. The van der Waals surface area contributed by atoms with Crippen LogP contribution < -0.4 is 10.8 Å². The molecule has 0 aliphatic carbocycles. The van der Waals surface area contributed by atoms with Crippen LogP contribution in [0.1, 0.15) is 65.6 Å². The monoisotopic (exact) mass is 408 g/mol. The molecule has 2 rings (SSSR count). The molecule has 1 aromatic carbocycles. The van der Waals surface area contributed by atoms with Crippen molar-refractivity contribution >= 4 is 18.3 Å². The fourth-order valence-corrected chi connectivity index (χ4v) is 3.43. The van der Waals surface area contributed by atoms with Crippen molar-refractivity contribution in [3.63, 3.8) is 0 Å². The molecular weight excluding hydrogens is 371 g/mol. The van der Waals surface area contributed by atoms with E-state index in [1.807, 2.05) is 18.2 Å². The van der Waals surface area contributed by atoms with Crippen LogP contribution in [0.25, 0.3) is 0 Å². The lowest BCUT2D eigenvalue weighted by Gasteiger charge is -2.28. The van der Waals surface area contributed by atoms with Crippen molar-refractivity contribution in [3.05, 3.63) is 66.4 Å². The third kappa shape index (κ3) is 6.45. The first-order chi connectivity index (χ1) is 14.3. The number of rotatable bonds is 11. The van der Waals surface area contributed by atoms with Crippen molar-refractivity contribution in [2.45, 2.75) is 65.6 Å². The molecule has 4 nitrogen and oxygen atoms in total. The third-order valence-electron chi connectivity index (χ3n) is 5.53. The normalized spacial score (nSPS) is 17.9. The summed E-state index contributed by atoms with van der Waals surface area (Å²) in [6.07, 6.45) is 11.0. The van der Waals surface area contributed by atoms with E-state index in [0.717, 1.165) is 36.0 Å². The van der Waals surface area contributed by atoms with Gasteiger partial charge in [0, 0.05) is 30.5 Å². The van der Waals surface area contributed by atoms with Crippen molar-refractivity contribution in [3.8, 4) is 0 Å². The molecule has 1 N–H and O–H groups in total. The minimum absolute atomic E-state index is 0.128. The maximum Gasteiger partial charge on any atom is 0.494 e. The number of nitrogens with zero attached hydrogens (tertiary/aromatic N) is 1. The Labute approximate surface area is 183 Å². The zero-order valence-corrected chi connectivity index (χ0v) is 19.4.